The Bertz CT molecular complexity index is 998. The molecule has 0 fully saturated rings. The van der Waals surface area contributed by atoms with Gasteiger partial charge in [0, 0.05) is 11.8 Å². The number of fused-ring (bicyclic) bond motifs is 1. The van der Waals surface area contributed by atoms with E-state index in [-0.39, 0.29) is 12.3 Å². The molecule has 1 N–H and O–H groups in total. The Morgan fingerprint density at radius 1 is 1.14 bits per heavy atom. The van der Waals surface area contributed by atoms with Crippen molar-refractivity contribution < 1.29 is 19.0 Å². The van der Waals surface area contributed by atoms with E-state index in [0.29, 0.717) is 42.0 Å². The van der Waals surface area contributed by atoms with Crippen LogP contribution in [0.4, 0.5) is 5.69 Å². The van der Waals surface area contributed by atoms with Crippen LogP contribution in [0.2, 0.25) is 0 Å². The zero-order valence-corrected chi connectivity index (χ0v) is 15.6. The minimum absolute atomic E-state index is 0.0846. The second-order valence-electron chi connectivity index (χ2n) is 6.27. The van der Waals surface area contributed by atoms with E-state index in [1.807, 2.05) is 18.2 Å². The highest BCUT2D eigenvalue weighted by molar-refractivity contribution is 5.91. The molecule has 0 aliphatic carbocycles. The summed E-state index contributed by atoms with van der Waals surface area (Å²) in [7, 11) is 1.60. The number of rotatable bonds is 5. The third-order valence-electron chi connectivity index (χ3n) is 4.24. The first kappa shape index (κ1) is 17.8. The van der Waals surface area contributed by atoms with Gasteiger partial charge in [-0.2, -0.15) is 5.10 Å². The number of carbonyl (C=O) groups is 1. The molecule has 0 unspecified atom stereocenters. The summed E-state index contributed by atoms with van der Waals surface area (Å²) in [5, 5.41) is 7.28. The van der Waals surface area contributed by atoms with Crippen LogP contribution in [0.5, 0.6) is 17.2 Å². The first-order chi connectivity index (χ1) is 13.6. The predicted molar refractivity (Wildman–Crippen MR) is 102 cm³/mol. The molecule has 8 nitrogen and oxygen atoms in total. The summed E-state index contributed by atoms with van der Waals surface area (Å²) in [4.78, 5) is 16.9. The van der Waals surface area contributed by atoms with Gasteiger partial charge in [0.2, 0.25) is 5.91 Å². The van der Waals surface area contributed by atoms with Gasteiger partial charge in [0.15, 0.2) is 11.5 Å². The molecule has 0 bridgehead atoms. The Morgan fingerprint density at radius 3 is 2.64 bits per heavy atom. The summed E-state index contributed by atoms with van der Waals surface area (Å²) in [6, 6.07) is 12.7. The zero-order chi connectivity index (χ0) is 19.5. The van der Waals surface area contributed by atoms with Gasteiger partial charge in [-0.1, -0.05) is 0 Å². The second kappa shape index (κ2) is 7.59. The van der Waals surface area contributed by atoms with Crippen LogP contribution in [0, 0.1) is 6.92 Å². The van der Waals surface area contributed by atoms with Crippen LogP contribution in [0.1, 0.15) is 11.6 Å². The molecule has 4 rings (SSSR count). The lowest BCUT2D eigenvalue weighted by Crippen LogP contribution is -2.18. The van der Waals surface area contributed by atoms with Crippen molar-refractivity contribution in [3.8, 4) is 22.9 Å². The molecular weight excluding hydrogens is 360 g/mol. The Hall–Kier alpha value is -3.55. The first-order valence-corrected chi connectivity index (χ1v) is 8.89. The highest BCUT2D eigenvalue weighted by Crippen LogP contribution is 2.32. The van der Waals surface area contributed by atoms with Gasteiger partial charge in [0.05, 0.1) is 19.2 Å². The molecule has 1 aliphatic rings. The number of aryl methyl sites for hydroxylation is 1. The average Bonchev–Trinajstić information content (AvgIpc) is 3.08. The lowest BCUT2D eigenvalue weighted by atomic mass is 10.2. The fourth-order valence-corrected chi connectivity index (χ4v) is 2.97. The highest BCUT2D eigenvalue weighted by atomic mass is 16.6. The Kier molecular flexibility index (Phi) is 4.84. The van der Waals surface area contributed by atoms with Crippen LogP contribution >= 0.6 is 0 Å². The summed E-state index contributed by atoms with van der Waals surface area (Å²) in [6.07, 6.45) is 0.0846. The molecule has 2 heterocycles. The summed E-state index contributed by atoms with van der Waals surface area (Å²) >= 11 is 0. The summed E-state index contributed by atoms with van der Waals surface area (Å²) < 4.78 is 18.0. The molecule has 0 saturated carbocycles. The number of benzene rings is 2. The van der Waals surface area contributed by atoms with Crippen LogP contribution in [-0.2, 0) is 11.2 Å². The number of nitrogens with zero attached hydrogens (tertiary/aromatic N) is 3. The van der Waals surface area contributed by atoms with E-state index >= 15 is 0 Å². The van der Waals surface area contributed by atoms with Gasteiger partial charge in [-0.15, -0.1) is 0 Å². The van der Waals surface area contributed by atoms with Gasteiger partial charge in [-0.25, -0.2) is 9.67 Å². The smallest absolute Gasteiger partial charge is 0.232 e. The number of carbonyl (C=O) groups excluding carboxylic acids is 1. The third kappa shape index (κ3) is 3.75. The Labute approximate surface area is 162 Å². The number of ether oxygens (including phenoxy) is 3. The molecule has 2 aromatic carbocycles. The van der Waals surface area contributed by atoms with Gasteiger partial charge in [0.25, 0.3) is 0 Å². The monoisotopic (exact) mass is 380 g/mol. The minimum Gasteiger partial charge on any atom is -0.497 e. The second-order valence-corrected chi connectivity index (χ2v) is 6.27. The molecule has 0 atom stereocenters. The summed E-state index contributed by atoms with van der Waals surface area (Å²) in [5.74, 6) is 3.03. The maximum atomic E-state index is 12.5. The van der Waals surface area contributed by atoms with E-state index in [9.17, 15) is 4.79 Å². The molecule has 1 aromatic heterocycles. The zero-order valence-electron chi connectivity index (χ0n) is 15.6. The van der Waals surface area contributed by atoms with E-state index < -0.39 is 0 Å². The minimum atomic E-state index is -0.184. The number of hydrogen-bond donors (Lipinski definition) is 1. The number of hydrogen-bond acceptors (Lipinski definition) is 6. The van der Waals surface area contributed by atoms with E-state index in [1.54, 1.807) is 43.0 Å². The number of anilines is 1. The average molecular weight is 380 g/mol. The molecule has 0 saturated heterocycles. The molecular formula is C20H20N4O4. The molecule has 144 valence electrons. The summed E-state index contributed by atoms with van der Waals surface area (Å²) in [6.45, 7) is 2.83. The lowest BCUT2D eigenvalue weighted by Gasteiger charge is -2.19. The van der Waals surface area contributed by atoms with Crippen molar-refractivity contribution in [2.75, 3.05) is 25.6 Å². The van der Waals surface area contributed by atoms with E-state index in [2.05, 4.69) is 15.4 Å². The van der Waals surface area contributed by atoms with Gasteiger partial charge in [-0.05, 0) is 43.3 Å². The van der Waals surface area contributed by atoms with Crippen molar-refractivity contribution in [1.29, 1.82) is 0 Å². The standard InChI is InChI=1S/C20H20N4O4/c1-13-21-19(12-20(25)22-14-3-6-16(26-2)7-4-14)24(23-13)15-5-8-17-18(11-15)28-10-9-27-17/h3-8,11H,9-10,12H2,1-2H3,(H,22,25). The molecule has 8 heteroatoms. The maximum Gasteiger partial charge on any atom is 0.232 e. The normalized spacial score (nSPS) is 12.5. The van der Waals surface area contributed by atoms with Crippen LogP contribution in [-0.4, -0.2) is 41.0 Å². The van der Waals surface area contributed by atoms with Crippen LogP contribution in [0.15, 0.2) is 42.5 Å². The lowest BCUT2D eigenvalue weighted by molar-refractivity contribution is -0.115. The van der Waals surface area contributed by atoms with E-state index in [4.69, 9.17) is 14.2 Å². The van der Waals surface area contributed by atoms with Gasteiger partial charge in [0.1, 0.15) is 30.6 Å². The number of amides is 1. The fraction of sp³-hybridized carbons (Fsp3) is 0.250. The van der Waals surface area contributed by atoms with Crippen molar-refractivity contribution in [3.63, 3.8) is 0 Å². The molecule has 0 spiro atoms. The van der Waals surface area contributed by atoms with Gasteiger partial charge >= 0.3 is 0 Å². The predicted octanol–water partition coefficient (Wildman–Crippen LogP) is 2.54. The molecule has 1 aliphatic heterocycles. The maximum absolute atomic E-state index is 12.5. The SMILES string of the molecule is COc1ccc(NC(=O)Cc2nc(C)nn2-c2ccc3c(c2)OCCO3)cc1. The van der Waals surface area contributed by atoms with Crippen LogP contribution in [0.25, 0.3) is 5.69 Å². The fourth-order valence-electron chi connectivity index (χ4n) is 2.97. The molecule has 28 heavy (non-hydrogen) atoms. The Balaban J connectivity index is 1.53. The molecule has 1 amide bonds. The van der Waals surface area contributed by atoms with Crippen LogP contribution in [0.3, 0.4) is 0 Å². The van der Waals surface area contributed by atoms with Crippen molar-refractivity contribution in [3.05, 3.63) is 54.1 Å². The summed E-state index contributed by atoms with van der Waals surface area (Å²) in [5.41, 5.74) is 1.45. The molecule has 0 radical (unpaired) electrons. The van der Waals surface area contributed by atoms with Gasteiger partial charge < -0.3 is 19.5 Å². The quantitative estimate of drug-likeness (QED) is 0.732. The van der Waals surface area contributed by atoms with Crippen molar-refractivity contribution >= 4 is 11.6 Å². The van der Waals surface area contributed by atoms with Crippen molar-refractivity contribution in [2.45, 2.75) is 13.3 Å². The Morgan fingerprint density at radius 2 is 1.89 bits per heavy atom. The first-order valence-electron chi connectivity index (χ1n) is 8.89. The topological polar surface area (TPSA) is 87.5 Å². The van der Waals surface area contributed by atoms with E-state index in [0.717, 1.165) is 11.4 Å². The van der Waals surface area contributed by atoms with Crippen molar-refractivity contribution in [2.24, 2.45) is 0 Å². The van der Waals surface area contributed by atoms with E-state index in [1.165, 1.54) is 0 Å². The number of methoxy groups -OCH3 is 1. The number of nitrogens with one attached hydrogen (secondary N) is 1. The third-order valence-corrected chi connectivity index (χ3v) is 4.24. The molecule has 3 aromatic rings. The highest BCUT2D eigenvalue weighted by Gasteiger charge is 2.17. The van der Waals surface area contributed by atoms with Crippen molar-refractivity contribution in [1.82, 2.24) is 14.8 Å². The van der Waals surface area contributed by atoms with Gasteiger partial charge in [-0.3, -0.25) is 4.79 Å². The van der Waals surface area contributed by atoms with Crippen LogP contribution < -0.4 is 19.5 Å². The number of aromatic nitrogens is 3. The largest absolute Gasteiger partial charge is 0.497 e.